The Balaban J connectivity index is 1.08. The topological polar surface area (TPSA) is 18.0 Å². The minimum absolute atomic E-state index is 1.06. The minimum atomic E-state index is 1.06. The molecule has 0 unspecified atom stereocenters. The van der Waals surface area contributed by atoms with Gasteiger partial charge < -0.3 is 18.6 Å². The molecule has 11 aromatic carbocycles. The fourth-order valence-corrected chi connectivity index (χ4v) is 11.0. The maximum Gasteiger partial charge on any atom is 0.0547 e. The number of hydrogen-bond acceptors (Lipinski definition) is 1. The SMILES string of the molecule is c1ccc(-n2c3ccccc3c3cc(N(c4cc(-c5ccc6c7ccccc7n(-c7ccccc7)c6c5)cc(-n5c6ccccc6c6ccccc65)c4)c4cccc5ccccc45)ccc32)cc1. The van der Waals surface area contributed by atoms with Crippen molar-refractivity contribution in [2.24, 2.45) is 0 Å². The van der Waals surface area contributed by atoms with Crippen molar-refractivity contribution in [2.45, 2.75) is 0 Å². The standard InChI is InChI=1S/C64H42N4/c1-3-20-46(21-4-1)66-62-32-16-12-28-55(62)57-42-48(35-37-63(57)66)65(58-33-17-19-43-18-7-8-24-51(43)58)49-38-45(39-50(41-49)68-60-30-14-9-25-52(60)53-26-10-15-31-61(53)68)44-34-36-56-54-27-11-13-29-59(54)67(64(56)40-44)47-22-5-2-6-23-47/h1-42H. The minimum Gasteiger partial charge on any atom is -0.310 e. The Kier molecular flexibility index (Phi) is 8.55. The van der Waals surface area contributed by atoms with Crippen LogP contribution in [0.25, 0.3) is 104 Å². The molecule has 318 valence electrons. The van der Waals surface area contributed by atoms with Gasteiger partial charge in [-0.05, 0) is 114 Å². The zero-order valence-electron chi connectivity index (χ0n) is 37.0. The summed E-state index contributed by atoms with van der Waals surface area (Å²) < 4.78 is 7.26. The van der Waals surface area contributed by atoms with Crippen molar-refractivity contribution in [3.8, 4) is 28.2 Å². The Morgan fingerprint density at radius 2 is 0.706 bits per heavy atom. The monoisotopic (exact) mass is 866 g/mol. The summed E-state index contributed by atoms with van der Waals surface area (Å²) in [5.41, 5.74) is 15.9. The van der Waals surface area contributed by atoms with Gasteiger partial charge in [0, 0.05) is 66.1 Å². The molecule has 68 heavy (non-hydrogen) atoms. The molecule has 0 saturated carbocycles. The van der Waals surface area contributed by atoms with E-state index < -0.39 is 0 Å². The number of para-hydroxylation sites is 6. The number of anilines is 3. The lowest BCUT2D eigenvalue weighted by Gasteiger charge is -2.28. The van der Waals surface area contributed by atoms with E-state index in [1.807, 2.05) is 0 Å². The summed E-state index contributed by atoms with van der Waals surface area (Å²) in [6.45, 7) is 0. The molecule has 3 heterocycles. The molecule has 0 aliphatic rings. The average Bonchev–Trinajstić information content (AvgIpc) is 4.05. The largest absolute Gasteiger partial charge is 0.310 e. The molecule has 4 heteroatoms. The summed E-state index contributed by atoms with van der Waals surface area (Å²) >= 11 is 0. The van der Waals surface area contributed by atoms with Gasteiger partial charge in [0.25, 0.3) is 0 Å². The molecule has 0 N–H and O–H groups in total. The Labute approximate surface area is 393 Å². The van der Waals surface area contributed by atoms with E-state index in [-0.39, 0.29) is 0 Å². The molecule has 0 bridgehead atoms. The van der Waals surface area contributed by atoms with Crippen molar-refractivity contribution >= 4 is 93.3 Å². The third-order valence-electron chi connectivity index (χ3n) is 14.0. The molecule has 0 fully saturated rings. The van der Waals surface area contributed by atoms with Crippen molar-refractivity contribution in [1.82, 2.24) is 13.7 Å². The fourth-order valence-electron chi connectivity index (χ4n) is 11.0. The van der Waals surface area contributed by atoms with Crippen molar-refractivity contribution in [3.05, 3.63) is 255 Å². The highest BCUT2D eigenvalue weighted by Gasteiger charge is 2.22. The van der Waals surface area contributed by atoms with E-state index in [2.05, 4.69) is 273 Å². The number of hydrogen-bond donors (Lipinski definition) is 0. The van der Waals surface area contributed by atoms with Crippen LogP contribution in [0.1, 0.15) is 0 Å². The first-order chi connectivity index (χ1) is 33.7. The summed E-state index contributed by atoms with van der Waals surface area (Å²) in [5.74, 6) is 0. The molecule has 0 spiro atoms. The van der Waals surface area contributed by atoms with Crippen LogP contribution in [0, 0.1) is 0 Å². The second-order valence-electron chi connectivity index (χ2n) is 17.8. The molecule has 14 aromatic rings. The van der Waals surface area contributed by atoms with E-state index in [0.29, 0.717) is 0 Å². The van der Waals surface area contributed by atoms with Gasteiger partial charge in [-0.2, -0.15) is 0 Å². The normalized spacial score (nSPS) is 11.8. The average molecular weight is 867 g/mol. The molecular formula is C64H42N4. The fraction of sp³-hybridized carbons (Fsp3) is 0. The smallest absolute Gasteiger partial charge is 0.0547 e. The van der Waals surface area contributed by atoms with Crippen LogP contribution in [0.3, 0.4) is 0 Å². The summed E-state index contributed by atoms with van der Waals surface area (Å²) in [6.07, 6.45) is 0. The summed E-state index contributed by atoms with van der Waals surface area (Å²) in [5, 5.41) is 9.72. The Hall–Kier alpha value is -9.12. The molecule has 0 radical (unpaired) electrons. The van der Waals surface area contributed by atoms with E-state index >= 15 is 0 Å². The van der Waals surface area contributed by atoms with Crippen molar-refractivity contribution in [2.75, 3.05) is 4.90 Å². The van der Waals surface area contributed by atoms with Gasteiger partial charge in [0.2, 0.25) is 0 Å². The molecule has 0 aliphatic carbocycles. The van der Waals surface area contributed by atoms with Crippen LogP contribution in [-0.2, 0) is 0 Å². The summed E-state index contributed by atoms with van der Waals surface area (Å²) in [4.78, 5) is 2.48. The molecule has 0 amide bonds. The highest BCUT2D eigenvalue weighted by molar-refractivity contribution is 6.13. The van der Waals surface area contributed by atoms with Gasteiger partial charge in [-0.1, -0.05) is 158 Å². The number of fused-ring (bicyclic) bond motifs is 10. The van der Waals surface area contributed by atoms with Crippen LogP contribution < -0.4 is 4.90 Å². The molecule has 4 nitrogen and oxygen atoms in total. The van der Waals surface area contributed by atoms with Gasteiger partial charge in [-0.15, -0.1) is 0 Å². The number of benzene rings is 11. The Morgan fingerprint density at radius 3 is 1.32 bits per heavy atom. The van der Waals surface area contributed by atoms with Gasteiger partial charge in [0.1, 0.15) is 0 Å². The highest BCUT2D eigenvalue weighted by atomic mass is 15.1. The Bertz CT molecular complexity index is 4210. The quantitative estimate of drug-likeness (QED) is 0.156. The molecule has 3 aromatic heterocycles. The van der Waals surface area contributed by atoms with E-state index in [1.165, 1.54) is 76.2 Å². The van der Waals surface area contributed by atoms with E-state index in [1.54, 1.807) is 0 Å². The second kappa shape index (κ2) is 15.2. The molecular weight excluding hydrogens is 825 g/mol. The van der Waals surface area contributed by atoms with Gasteiger partial charge in [0.05, 0.1) is 38.8 Å². The van der Waals surface area contributed by atoms with Crippen LogP contribution in [0.15, 0.2) is 255 Å². The lowest BCUT2D eigenvalue weighted by Crippen LogP contribution is -2.11. The number of nitrogens with zero attached hydrogens (tertiary/aromatic N) is 4. The van der Waals surface area contributed by atoms with E-state index in [0.717, 1.165) is 45.3 Å². The molecule has 0 atom stereocenters. The van der Waals surface area contributed by atoms with Gasteiger partial charge in [-0.3, -0.25) is 0 Å². The van der Waals surface area contributed by atoms with Crippen molar-refractivity contribution < 1.29 is 0 Å². The second-order valence-corrected chi connectivity index (χ2v) is 17.8. The highest BCUT2D eigenvalue weighted by Crippen LogP contribution is 2.45. The lowest BCUT2D eigenvalue weighted by molar-refractivity contribution is 1.17. The van der Waals surface area contributed by atoms with Gasteiger partial charge in [0.15, 0.2) is 0 Å². The van der Waals surface area contributed by atoms with E-state index in [4.69, 9.17) is 0 Å². The molecule has 14 rings (SSSR count). The first-order valence-corrected chi connectivity index (χ1v) is 23.3. The van der Waals surface area contributed by atoms with Crippen molar-refractivity contribution in [1.29, 1.82) is 0 Å². The predicted molar refractivity (Wildman–Crippen MR) is 287 cm³/mol. The molecule has 0 saturated heterocycles. The van der Waals surface area contributed by atoms with Crippen LogP contribution >= 0.6 is 0 Å². The summed E-state index contributed by atoms with van der Waals surface area (Å²) in [7, 11) is 0. The van der Waals surface area contributed by atoms with Crippen LogP contribution in [-0.4, -0.2) is 13.7 Å². The lowest BCUT2D eigenvalue weighted by atomic mass is 10.00. The van der Waals surface area contributed by atoms with E-state index in [9.17, 15) is 0 Å². The Morgan fingerprint density at radius 1 is 0.235 bits per heavy atom. The number of aromatic nitrogens is 3. The zero-order valence-corrected chi connectivity index (χ0v) is 37.0. The van der Waals surface area contributed by atoms with Crippen LogP contribution in [0.4, 0.5) is 17.1 Å². The maximum absolute atomic E-state index is 2.48. The zero-order chi connectivity index (χ0) is 44.7. The van der Waals surface area contributed by atoms with Crippen LogP contribution in [0.2, 0.25) is 0 Å². The first kappa shape index (κ1) is 38.2. The molecule has 0 aliphatic heterocycles. The first-order valence-electron chi connectivity index (χ1n) is 23.3. The third-order valence-corrected chi connectivity index (χ3v) is 14.0. The third kappa shape index (κ3) is 5.87. The van der Waals surface area contributed by atoms with Gasteiger partial charge >= 0.3 is 0 Å². The predicted octanol–water partition coefficient (Wildman–Crippen LogP) is 17.3. The van der Waals surface area contributed by atoms with Crippen molar-refractivity contribution in [3.63, 3.8) is 0 Å². The van der Waals surface area contributed by atoms with Crippen LogP contribution in [0.5, 0.6) is 0 Å². The number of rotatable bonds is 7. The van der Waals surface area contributed by atoms with Gasteiger partial charge in [-0.25, -0.2) is 0 Å². The maximum atomic E-state index is 2.48. The summed E-state index contributed by atoms with van der Waals surface area (Å²) in [6, 6.07) is 93.3.